The minimum atomic E-state index is -3.68. The lowest BCUT2D eigenvalue weighted by atomic mass is 10.2. The normalized spacial score (nSPS) is 11.2. The predicted octanol–water partition coefficient (Wildman–Crippen LogP) is 1.93. The molecule has 23 heavy (non-hydrogen) atoms. The Bertz CT molecular complexity index is 773. The van der Waals surface area contributed by atoms with E-state index in [-0.39, 0.29) is 17.3 Å². The Balaban J connectivity index is 1.95. The molecule has 2 aromatic carbocycles. The van der Waals surface area contributed by atoms with Gasteiger partial charge in [0.1, 0.15) is 0 Å². The van der Waals surface area contributed by atoms with Gasteiger partial charge in [-0.15, -0.1) is 0 Å². The van der Waals surface area contributed by atoms with Crippen molar-refractivity contribution in [1.82, 2.24) is 9.62 Å². The van der Waals surface area contributed by atoms with Crippen molar-refractivity contribution in [1.29, 1.82) is 0 Å². The molecule has 0 aliphatic carbocycles. The number of carbonyl (C=O) groups excluding carboxylic acids is 1. The van der Waals surface area contributed by atoms with Crippen LogP contribution in [0.4, 0.5) is 0 Å². The second-order valence-electron chi connectivity index (χ2n) is 5.38. The molecule has 5 nitrogen and oxygen atoms in total. The molecule has 2 aromatic rings. The van der Waals surface area contributed by atoms with Gasteiger partial charge in [-0.2, -0.15) is 0 Å². The number of sulfonamides is 1. The van der Waals surface area contributed by atoms with Crippen LogP contribution >= 0.6 is 0 Å². The number of carbonyl (C=O) groups is 1. The van der Waals surface area contributed by atoms with Crippen molar-refractivity contribution in [3.05, 3.63) is 65.7 Å². The molecule has 0 unspecified atom stereocenters. The number of hydrogen-bond acceptors (Lipinski definition) is 3. The molecule has 6 heteroatoms. The molecule has 0 saturated heterocycles. The van der Waals surface area contributed by atoms with Gasteiger partial charge in [0, 0.05) is 13.6 Å². The summed E-state index contributed by atoms with van der Waals surface area (Å²) in [5.74, 6) is -0.287. The Morgan fingerprint density at radius 1 is 1.09 bits per heavy atom. The smallest absolute Gasteiger partial charge is 0.241 e. The number of likely N-dealkylation sites (N-methyl/N-ethyl adjacent to an activating group) is 1. The Kier molecular flexibility index (Phi) is 5.52. The molecule has 0 aliphatic rings. The number of nitrogens with zero attached hydrogens (tertiary/aromatic N) is 1. The van der Waals surface area contributed by atoms with Crippen LogP contribution in [0, 0.1) is 6.92 Å². The third-order valence-electron chi connectivity index (χ3n) is 3.40. The van der Waals surface area contributed by atoms with Crippen LogP contribution in [0.3, 0.4) is 0 Å². The summed E-state index contributed by atoms with van der Waals surface area (Å²) in [7, 11) is -2.03. The van der Waals surface area contributed by atoms with Crippen molar-refractivity contribution in [2.75, 3.05) is 13.6 Å². The molecule has 1 amide bonds. The summed E-state index contributed by atoms with van der Waals surface area (Å²) in [4.78, 5) is 13.7. The van der Waals surface area contributed by atoms with Gasteiger partial charge in [0.05, 0.1) is 11.4 Å². The Labute approximate surface area is 137 Å². The lowest BCUT2D eigenvalue weighted by Crippen LogP contribution is -2.37. The molecule has 0 bridgehead atoms. The number of rotatable bonds is 6. The Morgan fingerprint density at radius 3 is 2.43 bits per heavy atom. The number of benzene rings is 2. The third-order valence-corrected chi connectivity index (χ3v) is 4.80. The van der Waals surface area contributed by atoms with E-state index in [1.165, 1.54) is 11.0 Å². The summed E-state index contributed by atoms with van der Waals surface area (Å²) in [5, 5.41) is 0. The highest BCUT2D eigenvalue weighted by Crippen LogP contribution is 2.10. The highest BCUT2D eigenvalue weighted by atomic mass is 32.2. The molecule has 0 spiro atoms. The second-order valence-corrected chi connectivity index (χ2v) is 7.14. The van der Waals surface area contributed by atoms with Gasteiger partial charge in [-0.05, 0) is 30.2 Å². The molecule has 0 saturated carbocycles. The maximum Gasteiger partial charge on any atom is 0.241 e. The van der Waals surface area contributed by atoms with E-state index < -0.39 is 10.0 Å². The van der Waals surface area contributed by atoms with Crippen LogP contribution in [-0.2, 0) is 21.4 Å². The van der Waals surface area contributed by atoms with Gasteiger partial charge >= 0.3 is 0 Å². The van der Waals surface area contributed by atoms with Gasteiger partial charge in [0.15, 0.2) is 0 Å². The second kappa shape index (κ2) is 7.39. The van der Waals surface area contributed by atoms with Gasteiger partial charge in [0.25, 0.3) is 0 Å². The Hall–Kier alpha value is -2.18. The zero-order valence-electron chi connectivity index (χ0n) is 13.2. The summed E-state index contributed by atoms with van der Waals surface area (Å²) in [6, 6.07) is 16.1. The first-order valence-corrected chi connectivity index (χ1v) is 8.71. The summed E-state index contributed by atoms with van der Waals surface area (Å²) in [6.45, 7) is 1.99. The number of aryl methyl sites for hydroxylation is 1. The van der Waals surface area contributed by atoms with Gasteiger partial charge in [0.2, 0.25) is 15.9 Å². The van der Waals surface area contributed by atoms with E-state index in [4.69, 9.17) is 0 Å². The fourth-order valence-electron chi connectivity index (χ4n) is 2.10. The van der Waals surface area contributed by atoms with Crippen molar-refractivity contribution in [2.45, 2.75) is 18.4 Å². The minimum absolute atomic E-state index is 0.163. The lowest BCUT2D eigenvalue weighted by molar-refractivity contribution is -0.129. The monoisotopic (exact) mass is 332 g/mol. The summed E-state index contributed by atoms with van der Waals surface area (Å²) in [6.07, 6.45) is 0. The fourth-order valence-corrected chi connectivity index (χ4v) is 3.18. The van der Waals surface area contributed by atoms with Crippen molar-refractivity contribution in [3.63, 3.8) is 0 Å². The van der Waals surface area contributed by atoms with E-state index in [2.05, 4.69) is 4.72 Å². The van der Waals surface area contributed by atoms with E-state index >= 15 is 0 Å². The molecule has 0 heterocycles. The first-order chi connectivity index (χ1) is 10.9. The minimum Gasteiger partial charge on any atom is -0.340 e. The van der Waals surface area contributed by atoms with Crippen molar-refractivity contribution < 1.29 is 13.2 Å². The zero-order chi connectivity index (χ0) is 16.9. The summed E-state index contributed by atoms with van der Waals surface area (Å²) in [5.41, 5.74) is 1.84. The summed E-state index contributed by atoms with van der Waals surface area (Å²) < 4.78 is 26.7. The first kappa shape index (κ1) is 17.2. The van der Waals surface area contributed by atoms with Crippen LogP contribution in [0.1, 0.15) is 11.1 Å². The van der Waals surface area contributed by atoms with E-state index in [1.807, 2.05) is 43.3 Å². The van der Waals surface area contributed by atoms with E-state index in [0.717, 1.165) is 11.1 Å². The average molecular weight is 332 g/mol. The number of hydrogen-bond donors (Lipinski definition) is 1. The van der Waals surface area contributed by atoms with Crippen LogP contribution < -0.4 is 4.72 Å². The first-order valence-electron chi connectivity index (χ1n) is 7.23. The van der Waals surface area contributed by atoms with E-state index in [0.29, 0.717) is 6.54 Å². The molecule has 0 atom stereocenters. The standard InChI is InChI=1S/C17H20N2O3S/c1-14-7-6-10-16(11-14)23(21,22)18-12-17(20)19(2)13-15-8-4-3-5-9-15/h3-11,18H,12-13H2,1-2H3. The summed E-state index contributed by atoms with van der Waals surface area (Å²) >= 11 is 0. The van der Waals surface area contributed by atoms with Crippen LogP contribution in [0.25, 0.3) is 0 Å². The highest BCUT2D eigenvalue weighted by Gasteiger charge is 2.17. The van der Waals surface area contributed by atoms with Crippen molar-refractivity contribution in [2.24, 2.45) is 0 Å². The van der Waals surface area contributed by atoms with E-state index in [1.54, 1.807) is 19.2 Å². The van der Waals surface area contributed by atoms with Gasteiger partial charge in [-0.25, -0.2) is 13.1 Å². The van der Waals surface area contributed by atoms with Crippen LogP contribution in [0.5, 0.6) is 0 Å². The fraction of sp³-hybridized carbons (Fsp3) is 0.235. The quantitative estimate of drug-likeness (QED) is 0.879. The number of amides is 1. The molecule has 2 rings (SSSR count). The molecule has 0 aromatic heterocycles. The van der Waals surface area contributed by atoms with Crippen molar-refractivity contribution >= 4 is 15.9 Å². The van der Waals surface area contributed by atoms with Crippen LogP contribution in [0.15, 0.2) is 59.5 Å². The van der Waals surface area contributed by atoms with Gasteiger partial charge in [-0.1, -0.05) is 42.5 Å². The largest absolute Gasteiger partial charge is 0.340 e. The Morgan fingerprint density at radius 2 is 1.78 bits per heavy atom. The molecule has 1 N–H and O–H groups in total. The molecule has 0 fully saturated rings. The van der Waals surface area contributed by atoms with Crippen LogP contribution in [-0.4, -0.2) is 32.8 Å². The van der Waals surface area contributed by atoms with E-state index in [9.17, 15) is 13.2 Å². The van der Waals surface area contributed by atoms with Crippen molar-refractivity contribution in [3.8, 4) is 0 Å². The highest BCUT2D eigenvalue weighted by molar-refractivity contribution is 7.89. The maximum atomic E-state index is 12.2. The van der Waals surface area contributed by atoms with Gasteiger partial charge < -0.3 is 4.90 Å². The molecular weight excluding hydrogens is 312 g/mol. The zero-order valence-corrected chi connectivity index (χ0v) is 14.0. The van der Waals surface area contributed by atoms with Crippen LogP contribution in [0.2, 0.25) is 0 Å². The van der Waals surface area contributed by atoms with Gasteiger partial charge in [-0.3, -0.25) is 4.79 Å². The predicted molar refractivity (Wildman–Crippen MR) is 89.3 cm³/mol. The molecule has 0 radical (unpaired) electrons. The number of nitrogens with one attached hydrogen (secondary N) is 1. The molecule has 0 aliphatic heterocycles. The maximum absolute atomic E-state index is 12.2. The third kappa shape index (κ3) is 4.91. The average Bonchev–Trinajstić information content (AvgIpc) is 2.53. The SMILES string of the molecule is Cc1cccc(S(=O)(=O)NCC(=O)N(C)Cc2ccccc2)c1. The lowest BCUT2D eigenvalue weighted by Gasteiger charge is -2.17. The topological polar surface area (TPSA) is 66.5 Å². The molecular formula is C17H20N2O3S. The molecule has 122 valence electrons.